The van der Waals surface area contributed by atoms with Gasteiger partial charge < -0.3 is 10.2 Å². The van der Waals surface area contributed by atoms with Crippen LogP contribution in [0.15, 0.2) is 5.16 Å². The second-order valence-corrected chi connectivity index (χ2v) is 8.34. The third-order valence-electron chi connectivity index (χ3n) is 3.15. The molecule has 0 spiro atoms. The number of hydrogen-bond donors (Lipinski definition) is 1. The normalized spacial score (nSPS) is 16.0. The lowest BCUT2D eigenvalue weighted by Gasteiger charge is -2.26. The summed E-state index contributed by atoms with van der Waals surface area (Å²) in [6.45, 7) is 1.92. The molecule has 0 saturated carbocycles. The van der Waals surface area contributed by atoms with Crippen LogP contribution in [0.1, 0.15) is 19.3 Å². The number of piperidine rings is 1. The molecule has 7 nitrogen and oxygen atoms in total. The number of nitrogens with zero attached hydrogens (tertiary/aromatic N) is 4. The molecule has 0 unspecified atom stereocenters. The Morgan fingerprint density at radius 3 is 2.52 bits per heavy atom. The molecule has 1 aliphatic rings. The van der Waals surface area contributed by atoms with Gasteiger partial charge in [0.2, 0.25) is 11.9 Å². The van der Waals surface area contributed by atoms with Gasteiger partial charge in [-0.3, -0.25) is 0 Å². The van der Waals surface area contributed by atoms with Crippen molar-refractivity contribution in [2.45, 2.75) is 24.4 Å². The van der Waals surface area contributed by atoms with Gasteiger partial charge in [0.25, 0.3) is 0 Å². The molecule has 1 saturated heterocycles. The van der Waals surface area contributed by atoms with E-state index in [1.165, 1.54) is 24.4 Å². The lowest BCUT2D eigenvalue weighted by Crippen LogP contribution is -2.31. The fraction of sp³-hybridized carbons (Fsp3) is 0.750. The van der Waals surface area contributed by atoms with Crippen LogP contribution in [-0.4, -0.2) is 61.3 Å². The van der Waals surface area contributed by atoms with E-state index in [9.17, 15) is 8.42 Å². The molecule has 2 rings (SSSR count). The summed E-state index contributed by atoms with van der Waals surface area (Å²) in [4.78, 5) is 15.3. The van der Waals surface area contributed by atoms with E-state index in [2.05, 4.69) is 25.2 Å². The van der Waals surface area contributed by atoms with Crippen molar-refractivity contribution >= 4 is 33.5 Å². The van der Waals surface area contributed by atoms with E-state index in [0.29, 0.717) is 22.8 Å². The molecule has 1 aromatic heterocycles. The molecule has 0 atom stereocenters. The number of sulfone groups is 1. The van der Waals surface area contributed by atoms with E-state index in [0.717, 1.165) is 25.9 Å². The van der Waals surface area contributed by atoms with E-state index in [-0.39, 0.29) is 5.75 Å². The van der Waals surface area contributed by atoms with Gasteiger partial charge in [0, 0.05) is 32.1 Å². The zero-order valence-electron chi connectivity index (χ0n) is 12.4. The van der Waals surface area contributed by atoms with E-state index >= 15 is 0 Å². The topological polar surface area (TPSA) is 88.1 Å². The van der Waals surface area contributed by atoms with Crippen molar-refractivity contribution in [3.05, 3.63) is 0 Å². The lowest BCUT2D eigenvalue weighted by atomic mass is 10.1. The summed E-state index contributed by atoms with van der Waals surface area (Å²) in [7, 11) is -1.19. The van der Waals surface area contributed by atoms with Gasteiger partial charge >= 0.3 is 0 Å². The quantitative estimate of drug-likeness (QED) is 0.774. The van der Waals surface area contributed by atoms with Gasteiger partial charge in [-0.1, -0.05) is 11.8 Å². The van der Waals surface area contributed by atoms with Gasteiger partial charge in [-0.2, -0.15) is 15.0 Å². The maximum Gasteiger partial charge on any atom is 0.231 e. The maximum atomic E-state index is 11.2. The van der Waals surface area contributed by atoms with Crippen molar-refractivity contribution < 1.29 is 8.42 Å². The Hall–Kier alpha value is -1.09. The monoisotopic (exact) mass is 331 g/mol. The summed E-state index contributed by atoms with van der Waals surface area (Å²) in [5.41, 5.74) is 0. The minimum atomic E-state index is -2.96. The number of thioether (sulfide) groups is 1. The Labute approximate surface area is 129 Å². The van der Waals surface area contributed by atoms with Crippen molar-refractivity contribution in [1.29, 1.82) is 0 Å². The predicted molar refractivity (Wildman–Crippen MR) is 85.9 cm³/mol. The molecule has 21 heavy (non-hydrogen) atoms. The van der Waals surface area contributed by atoms with Crippen LogP contribution in [0.5, 0.6) is 0 Å². The molecule has 9 heteroatoms. The highest BCUT2D eigenvalue weighted by Crippen LogP contribution is 2.21. The first-order valence-corrected chi connectivity index (χ1v) is 10.0. The molecule has 0 aliphatic carbocycles. The first-order valence-electron chi connectivity index (χ1n) is 6.97. The highest BCUT2D eigenvalue weighted by molar-refractivity contribution is 8.00. The molecule has 0 aromatic carbocycles. The number of anilines is 2. The minimum Gasteiger partial charge on any atom is -0.357 e. The van der Waals surface area contributed by atoms with Crippen molar-refractivity contribution in [2.24, 2.45) is 0 Å². The molecule has 1 aromatic rings. The fourth-order valence-corrected chi connectivity index (χ4v) is 4.07. The van der Waals surface area contributed by atoms with Crippen LogP contribution in [0, 0.1) is 0 Å². The number of nitrogens with one attached hydrogen (secondary N) is 1. The zero-order chi connectivity index (χ0) is 15.3. The van der Waals surface area contributed by atoms with Gasteiger partial charge in [0.05, 0.1) is 5.75 Å². The Balaban J connectivity index is 2.09. The molecular formula is C12H21N5O2S2. The van der Waals surface area contributed by atoms with Gasteiger partial charge in [-0.05, 0) is 19.3 Å². The summed E-state index contributed by atoms with van der Waals surface area (Å²) in [5, 5.41) is 3.50. The second kappa shape index (κ2) is 7.26. The van der Waals surface area contributed by atoms with Crippen LogP contribution in [-0.2, 0) is 9.84 Å². The average molecular weight is 331 g/mol. The van der Waals surface area contributed by atoms with Crippen molar-refractivity contribution in [3.8, 4) is 0 Å². The first-order chi connectivity index (χ1) is 9.98. The van der Waals surface area contributed by atoms with Crippen LogP contribution >= 0.6 is 11.8 Å². The van der Waals surface area contributed by atoms with Crippen molar-refractivity contribution in [2.75, 3.05) is 48.1 Å². The van der Waals surface area contributed by atoms with Crippen LogP contribution in [0.3, 0.4) is 0 Å². The van der Waals surface area contributed by atoms with Crippen LogP contribution in [0.25, 0.3) is 0 Å². The van der Waals surface area contributed by atoms with Gasteiger partial charge in [-0.25, -0.2) is 8.42 Å². The Bertz CT molecular complexity index is 573. The highest BCUT2D eigenvalue weighted by atomic mass is 32.2. The number of aromatic nitrogens is 3. The summed E-state index contributed by atoms with van der Waals surface area (Å²) >= 11 is 1.35. The second-order valence-electron chi connectivity index (χ2n) is 5.02. The minimum absolute atomic E-state index is 0.122. The summed E-state index contributed by atoms with van der Waals surface area (Å²) in [5.74, 6) is 1.77. The first kappa shape index (κ1) is 16.3. The van der Waals surface area contributed by atoms with Crippen molar-refractivity contribution in [3.63, 3.8) is 0 Å². The Morgan fingerprint density at radius 2 is 1.90 bits per heavy atom. The van der Waals surface area contributed by atoms with Crippen LogP contribution in [0.2, 0.25) is 0 Å². The zero-order valence-corrected chi connectivity index (χ0v) is 14.0. The third-order valence-corrected chi connectivity index (χ3v) is 5.20. The van der Waals surface area contributed by atoms with Crippen LogP contribution in [0.4, 0.5) is 11.9 Å². The smallest absolute Gasteiger partial charge is 0.231 e. The number of rotatable bonds is 6. The standard InChI is InChI=1S/C12H21N5O2S2/c1-13-10-14-11(17-6-4-3-5-7-17)16-12(15-10)20-8-9-21(2,18)19/h3-9H2,1-2H3,(H,13,14,15,16). The van der Waals surface area contributed by atoms with Gasteiger partial charge in [0.15, 0.2) is 5.16 Å². The molecule has 1 N–H and O–H groups in total. The fourth-order valence-electron chi connectivity index (χ4n) is 2.04. The molecule has 1 fully saturated rings. The molecule has 0 radical (unpaired) electrons. The highest BCUT2D eigenvalue weighted by Gasteiger charge is 2.16. The molecule has 1 aliphatic heterocycles. The Kier molecular flexibility index (Phi) is 5.63. The summed E-state index contributed by atoms with van der Waals surface area (Å²) in [6.07, 6.45) is 4.78. The molecule has 0 bridgehead atoms. The predicted octanol–water partition coefficient (Wildman–Crippen LogP) is 1.04. The molecular weight excluding hydrogens is 310 g/mol. The van der Waals surface area contributed by atoms with E-state index in [1.54, 1.807) is 7.05 Å². The summed E-state index contributed by atoms with van der Waals surface area (Å²) < 4.78 is 22.3. The van der Waals surface area contributed by atoms with E-state index in [4.69, 9.17) is 0 Å². The SMILES string of the molecule is CNc1nc(SCCS(C)(=O)=O)nc(N2CCCCC2)n1. The number of hydrogen-bond acceptors (Lipinski definition) is 8. The van der Waals surface area contributed by atoms with Gasteiger partial charge in [-0.15, -0.1) is 0 Å². The molecule has 0 amide bonds. The lowest BCUT2D eigenvalue weighted by molar-refractivity contribution is 0.565. The van der Waals surface area contributed by atoms with Crippen LogP contribution < -0.4 is 10.2 Å². The Morgan fingerprint density at radius 1 is 1.19 bits per heavy atom. The van der Waals surface area contributed by atoms with E-state index < -0.39 is 9.84 Å². The van der Waals surface area contributed by atoms with E-state index in [1.807, 2.05) is 0 Å². The largest absolute Gasteiger partial charge is 0.357 e. The molecule has 2 heterocycles. The maximum absolute atomic E-state index is 11.2. The third kappa shape index (κ3) is 5.31. The van der Waals surface area contributed by atoms with Gasteiger partial charge in [0.1, 0.15) is 9.84 Å². The molecule has 118 valence electrons. The van der Waals surface area contributed by atoms with Crippen molar-refractivity contribution in [1.82, 2.24) is 15.0 Å². The summed E-state index contributed by atoms with van der Waals surface area (Å²) in [6, 6.07) is 0. The average Bonchev–Trinajstić information content (AvgIpc) is 2.46.